The van der Waals surface area contributed by atoms with Crippen LogP contribution in [0.15, 0.2) is 30.3 Å². The second kappa shape index (κ2) is 10.2. The topological polar surface area (TPSA) is 127 Å². The van der Waals surface area contributed by atoms with Crippen LogP contribution in [0.1, 0.15) is 48.0 Å². The Bertz CT molecular complexity index is 1140. The number of rotatable bonds is 6. The van der Waals surface area contributed by atoms with Crippen LogP contribution in [0.4, 0.5) is 4.79 Å². The summed E-state index contributed by atoms with van der Waals surface area (Å²) in [6.45, 7) is 10.6. The molecule has 1 aromatic carbocycles. The highest BCUT2D eigenvalue weighted by Crippen LogP contribution is 2.32. The molecule has 2 amide bonds. The van der Waals surface area contributed by atoms with E-state index in [0.29, 0.717) is 11.8 Å². The first kappa shape index (κ1) is 27.0. The Morgan fingerprint density at radius 3 is 2.39 bits per heavy atom. The monoisotopic (exact) mass is 501 g/mol. The highest BCUT2D eigenvalue weighted by Gasteiger charge is 2.46. The fraction of sp³-hybridized carbons (Fsp3) is 0.538. The molecule has 2 heterocycles. The number of likely N-dealkylation sites (tertiary alicyclic amines) is 1. The van der Waals surface area contributed by atoms with Gasteiger partial charge < -0.3 is 29.5 Å². The molecular weight excluding hydrogens is 466 g/mol. The minimum Gasteiger partial charge on any atom is -0.481 e. The lowest BCUT2D eigenvalue weighted by atomic mass is 9.85. The summed E-state index contributed by atoms with van der Waals surface area (Å²) in [5, 5.41) is 14.1. The van der Waals surface area contributed by atoms with Gasteiger partial charge >= 0.3 is 12.1 Å². The van der Waals surface area contributed by atoms with Crippen LogP contribution in [-0.2, 0) is 14.3 Å². The van der Waals surface area contributed by atoms with Crippen molar-refractivity contribution in [3.63, 3.8) is 0 Å². The van der Waals surface area contributed by atoms with Crippen LogP contribution >= 0.6 is 0 Å². The number of carbonyl (C=O) groups excluding carboxylic acids is 2. The maximum Gasteiger partial charge on any atom is 0.408 e. The number of hydrogen-bond acceptors (Lipinski definition) is 7. The zero-order valence-electron chi connectivity index (χ0n) is 21.8. The molecule has 0 spiro atoms. The lowest BCUT2D eigenvalue weighted by Gasteiger charge is -2.35. The number of methoxy groups -OCH3 is 1. The number of fused-ring (bicyclic) bond motifs is 1. The molecule has 196 valence electrons. The zero-order valence-corrected chi connectivity index (χ0v) is 21.8. The number of carboxylic acid groups (broad SMARTS) is 1. The molecule has 3 unspecified atom stereocenters. The van der Waals surface area contributed by atoms with Crippen molar-refractivity contribution in [2.75, 3.05) is 13.7 Å². The smallest absolute Gasteiger partial charge is 0.408 e. The summed E-state index contributed by atoms with van der Waals surface area (Å²) in [6, 6.07) is 7.13. The number of aliphatic carboxylic acids is 1. The van der Waals surface area contributed by atoms with Crippen LogP contribution in [0.3, 0.4) is 0 Å². The third-order valence-corrected chi connectivity index (χ3v) is 5.77. The molecule has 0 saturated carbocycles. The fourth-order valence-corrected chi connectivity index (χ4v) is 4.10. The molecule has 0 aliphatic carbocycles. The zero-order chi connectivity index (χ0) is 26.8. The highest BCUT2D eigenvalue weighted by atomic mass is 16.6. The standard InChI is InChI=1S/C26H35N3O7/c1-25(2,3)20(28-24(33)36-26(4,5)6)22(30)29-14-16(13-18(29)23(31)32)35-21-17-11-9-8-10-15(17)12-19(27-21)34-7/h8-12,16,18,20H,13-14H2,1-7H3,(H,28,33)(H,31,32). The van der Waals surface area contributed by atoms with Gasteiger partial charge in [0, 0.05) is 17.9 Å². The Hall–Kier alpha value is -3.56. The number of carboxylic acids is 1. The van der Waals surface area contributed by atoms with Crippen molar-refractivity contribution in [2.45, 2.75) is 71.8 Å². The number of hydrogen-bond donors (Lipinski definition) is 2. The molecule has 10 nitrogen and oxygen atoms in total. The third-order valence-electron chi connectivity index (χ3n) is 5.77. The Kier molecular flexibility index (Phi) is 7.66. The second-order valence-corrected chi connectivity index (χ2v) is 11.0. The van der Waals surface area contributed by atoms with Crippen LogP contribution in [0.5, 0.6) is 11.8 Å². The van der Waals surface area contributed by atoms with E-state index in [-0.39, 0.29) is 13.0 Å². The number of carbonyl (C=O) groups is 3. The summed E-state index contributed by atoms with van der Waals surface area (Å²) in [7, 11) is 1.50. The van der Waals surface area contributed by atoms with Crippen molar-refractivity contribution in [1.82, 2.24) is 15.2 Å². The average Bonchev–Trinajstić information content (AvgIpc) is 3.19. The van der Waals surface area contributed by atoms with Crippen LogP contribution in [0.25, 0.3) is 10.8 Å². The fourth-order valence-electron chi connectivity index (χ4n) is 4.10. The SMILES string of the molecule is COc1cc2ccccc2c(OC2CC(C(=O)O)N(C(=O)C(NC(=O)OC(C)(C)C)C(C)(C)C)C2)n1. The van der Waals surface area contributed by atoms with Gasteiger partial charge in [-0.15, -0.1) is 0 Å². The van der Waals surface area contributed by atoms with E-state index in [0.717, 1.165) is 10.8 Å². The molecule has 2 N–H and O–H groups in total. The van der Waals surface area contributed by atoms with Crippen LogP contribution in [-0.4, -0.2) is 70.4 Å². The van der Waals surface area contributed by atoms with Crippen molar-refractivity contribution in [1.29, 1.82) is 0 Å². The lowest BCUT2D eigenvalue weighted by molar-refractivity contribution is -0.150. The van der Waals surface area contributed by atoms with E-state index in [1.165, 1.54) is 12.0 Å². The largest absolute Gasteiger partial charge is 0.481 e. The highest BCUT2D eigenvalue weighted by molar-refractivity contribution is 5.91. The Labute approximate surface area is 210 Å². The molecule has 10 heteroatoms. The van der Waals surface area contributed by atoms with Crippen molar-refractivity contribution in [3.05, 3.63) is 30.3 Å². The number of amides is 2. The summed E-state index contributed by atoms with van der Waals surface area (Å²) < 4.78 is 16.8. The van der Waals surface area contributed by atoms with Gasteiger partial charge in [0.2, 0.25) is 17.7 Å². The van der Waals surface area contributed by atoms with Crippen LogP contribution in [0, 0.1) is 5.41 Å². The molecule has 2 aromatic rings. The Balaban J connectivity index is 1.86. The summed E-state index contributed by atoms with van der Waals surface area (Å²) in [5.41, 5.74) is -1.46. The second-order valence-electron chi connectivity index (χ2n) is 11.0. The summed E-state index contributed by atoms with van der Waals surface area (Å²) in [5.74, 6) is -1.01. The first-order chi connectivity index (χ1) is 16.7. The van der Waals surface area contributed by atoms with Gasteiger partial charge in [-0.1, -0.05) is 39.0 Å². The number of nitrogens with one attached hydrogen (secondary N) is 1. The maximum absolute atomic E-state index is 13.6. The van der Waals surface area contributed by atoms with Crippen LogP contribution < -0.4 is 14.8 Å². The van der Waals surface area contributed by atoms with Gasteiger partial charge in [0.05, 0.1) is 13.7 Å². The molecule has 1 aliphatic heterocycles. The Morgan fingerprint density at radius 2 is 1.81 bits per heavy atom. The molecule has 1 saturated heterocycles. The predicted molar refractivity (Wildman–Crippen MR) is 133 cm³/mol. The van der Waals surface area contributed by atoms with E-state index < -0.39 is 47.2 Å². The number of benzene rings is 1. The lowest BCUT2D eigenvalue weighted by Crippen LogP contribution is -2.57. The minimum absolute atomic E-state index is 0.0194. The molecule has 0 bridgehead atoms. The summed E-state index contributed by atoms with van der Waals surface area (Å²) >= 11 is 0. The molecular formula is C26H35N3O7. The van der Waals surface area contributed by atoms with E-state index in [4.69, 9.17) is 14.2 Å². The number of alkyl carbamates (subject to hydrolysis) is 1. The quantitative estimate of drug-likeness (QED) is 0.615. The average molecular weight is 502 g/mol. The van der Waals surface area contributed by atoms with Crippen molar-refractivity contribution >= 4 is 28.7 Å². The normalized spacial score (nSPS) is 19.0. The van der Waals surface area contributed by atoms with Crippen LogP contribution in [0.2, 0.25) is 0 Å². The molecule has 3 atom stereocenters. The van der Waals surface area contributed by atoms with Gasteiger partial charge in [0.15, 0.2) is 0 Å². The number of nitrogens with zero attached hydrogens (tertiary/aromatic N) is 2. The number of ether oxygens (including phenoxy) is 3. The third kappa shape index (κ3) is 6.35. The molecule has 1 aliphatic rings. The first-order valence-corrected chi connectivity index (χ1v) is 11.8. The van der Waals surface area contributed by atoms with Crippen molar-refractivity contribution < 1.29 is 33.7 Å². The van der Waals surface area contributed by atoms with E-state index >= 15 is 0 Å². The van der Waals surface area contributed by atoms with Gasteiger partial charge in [-0.2, -0.15) is 4.98 Å². The van der Waals surface area contributed by atoms with Gasteiger partial charge in [-0.05, 0) is 37.6 Å². The summed E-state index contributed by atoms with van der Waals surface area (Å²) in [6.07, 6.45) is -1.31. The molecule has 3 rings (SSSR count). The van der Waals surface area contributed by atoms with E-state index in [1.54, 1.807) is 47.6 Å². The van der Waals surface area contributed by atoms with Gasteiger partial charge in [-0.25, -0.2) is 9.59 Å². The Morgan fingerprint density at radius 1 is 1.14 bits per heavy atom. The maximum atomic E-state index is 13.6. The number of aromatic nitrogens is 1. The summed E-state index contributed by atoms with van der Waals surface area (Å²) in [4.78, 5) is 43.9. The molecule has 0 radical (unpaired) electrons. The van der Waals surface area contributed by atoms with Crippen molar-refractivity contribution in [2.24, 2.45) is 5.41 Å². The molecule has 1 fully saturated rings. The minimum atomic E-state index is -1.15. The van der Waals surface area contributed by atoms with E-state index in [2.05, 4.69) is 10.3 Å². The molecule has 36 heavy (non-hydrogen) atoms. The first-order valence-electron chi connectivity index (χ1n) is 11.8. The number of pyridine rings is 1. The van der Waals surface area contributed by atoms with Gasteiger partial charge in [0.1, 0.15) is 23.8 Å². The van der Waals surface area contributed by atoms with Gasteiger partial charge in [0.25, 0.3) is 0 Å². The van der Waals surface area contributed by atoms with E-state index in [1.807, 2.05) is 24.3 Å². The van der Waals surface area contributed by atoms with E-state index in [9.17, 15) is 19.5 Å². The molecule has 1 aromatic heterocycles. The van der Waals surface area contributed by atoms with Crippen molar-refractivity contribution in [3.8, 4) is 11.8 Å². The predicted octanol–water partition coefficient (Wildman–Crippen LogP) is 3.62. The van der Waals surface area contributed by atoms with Gasteiger partial charge in [-0.3, -0.25) is 4.79 Å².